The zero-order chi connectivity index (χ0) is 28.8. The zero-order valence-electron chi connectivity index (χ0n) is 21.5. The van der Waals surface area contributed by atoms with Crippen molar-refractivity contribution >= 4 is 40.9 Å². The summed E-state index contributed by atoms with van der Waals surface area (Å²) in [6.07, 6.45) is 1.47. The van der Waals surface area contributed by atoms with Crippen LogP contribution in [0.2, 0.25) is 5.02 Å². The standard InChI is InChI=1S/C29H24ClF3N6O2/c30-24-16-21(7-8-25(24)41-22-6-3-4-19(15-22)29(31,32)33)39-27-23-14-18(9-12-35-26(23)37-17-38-27)28(40)36-13-10-20-5-1-2-11-34-20/h1-8,11,14-17H,9-10,12-13H2,(H,36,40)(H2,35,37,38,39). The molecule has 2 aromatic heterocycles. The molecule has 0 spiro atoms. The highest BCUT2D eigenvalue weighted by molar-refractivity contribution is 6.32. The van der Waals surface area contributed by atoms with Crippen LogP contribution in [0.4, 0.5) is 30.5 Å². The van der Waals surface area contributed by atoms with E-state index in [1.807, 2.05) is 18.2 Å². The molecule has 0 atom stereocenters. The minimum absolute atomic E-state index is 0.00519. The summed E-state index contributed by atoms with van der Waals surface area (Å²) in [4.78, 5) is 25.9. The number of alkyl halides is 3. The zero-order valence-corrected chi connectivity index (χ0v) is 22.3. The lowest BCUT2D eigenvalue weighted by Crippen LogP contribution is -2.27. The average Bonchev–Trinajstić information content (AvgIpc) is 3.18. The molecule has 12 heteroatoms. The summed E-state index contributed by atoms with van der Waals surface area (Å²) in [6.45, 7) is 0.952. The highest BCUT2D eigenvalue weighted by Crippen LogP contribution is 2.36. The Bertz CT molecular complexity index is 1580. The van der Waals surface area contributed by atoms with Gasteiger partial charge in [0.1, 0.15) is 29.5 Å². The minimum Gasteiger partial charge on any atom is -0.456 e. The van der Waals surface area contributed by atoms with E-state index >= 15 is 0 Å². The van der Waals surface area contributed by atoms with Gasteiger partial charge in [-0.25, -0.2) is 9.97 Å². The lowest BCUT2D eigenvalue weighted by atomic mass is 10.1. The van der Waals surface area contributed by atoms with Crippen molar-refractivity contribution in [2.45, 2.75) is 19.0 Å². The number of aromatic nitrogens is 3. The molecule has 3 N–H and O–H groups in total. The number of halogens is 4. The normalized spacial score (nSPS) is 12.8. The molecule has 5 rings (SSSR count). The van der Waals surface area contributed by atoms with Crippen LogP contribution >= 0.6 is 11.6 Å². The van der Waals surface area contributed by atoms with Gasteiger partial charge in [0.25, 0.3) is 0 Å². The Labute approximate surface area is 238 Å². The van der Waals surface area contributed by atoms with Gasteiger partial charge in [-0.1, -0.05) is 23.7 Å². The van der Waals surface area contributed by atoms with E-state index in [0.29, 0.717) is 54.4 Å². The van der Waals surface area contributed by atoms with Crippen molar-refractivity contribution in [1.29, 1.82) is 0 Å². The highest BCUT2D eigenvalue weighted by Gasteiger charge is 2.30. The molecule has 210 valence electrons. The quantitative estimate of drug-likeness (QED) is 0.215. The number of carbonyl (C=O) groups excluding carboxylic acids is 1. The Morgan fingerprint density at radius 1 is 1.05 bits per heavy atom. The second-order valence-electron chi connectivity index (χ2n) is 9.06. The number of anilines is 3. The highest BCUT2D eigenvalue weighted by atomic mass is 35.5. The van der Waals surface area contributed by atoms with E-state index in [2.05, 4.69) is 30.9 Å². The molecule has 0 saturated carbocycles. The maximum atomic E-state index is 13.0. The summed E-state index contributed by atoms with van der Waals surface area (Å²) >= 11 is 6.40. The van der Waals surface area contributed by atoms with Crippen LogP contribution in [-0.2, 0) is 17.4 Å². The van der Waals surface area contributed by atoms with Gasteiger partial charge in [0.2, 0.25) is 5.91 Å². The summed E-state index contributed by atoms with van der Waals surface area (Å²) in [6, 6.07) is 15.0. The van der Waals surface area contributed by atoms with E-state index in [1.165, 1.54) is 18.5 Å². The van der Waals surface area contributed by atoms with Crippen molar-refractivity contribution in [3.8, 4) is 11.5 Å². The van der Waals surface area contributed by atoms with Crippen LogP contribution in [0.15, 0.2) is 78.8 Å². The van der Waals surface area contributed by atoms with Gasteiger partial charge in [0, 0.05) is 42.7 Å². The number of fused-ring (bicyclic) bond motifs is 1. The van der Waals surface area contributed by atoms with Crippen LogP contribution in [0, 0.1) is 0 Å². The van der Waals surface area contributed by atoms with E-state index in [4.69, 9.17) is 16.3 Å². The van der Waals surface area contributed by atoms with Crippen LogP contribution in [0.1, 0.15) is 23.2 Å². The molecule has 0 radical (unpaired) electrons. The predicted molar refractivity (Wildman–Crippen MR) is 150 cm³/mol. The fraction of sp³-hybridized carbons (Fsp3) is 0.172. The number of hydrogen-bond acceptors (Lipinski definition) is 7. The molecule has 0 fully saturated rings. The lowest BCUT2D eigenvalue weighted by molar-refractivity contribution is -0.137. The molecule has 3 heterocycles. The topological polar surface area (TPSA) is 101 Å². The van der Waals surface area contributed by atoms with Gasteiger partial charge in [-0.05, 0) is 61.0 Å². The number of amides is 1. The Kier molecular flexibility index (Phi) is 8.34. The van der Waals surface area contributed by atoms with Gasteiger partial charge in [-0.2, -0.15) is 13.2 Å². The van der Waals surface area contributed by atoms with E-state index in [1.54, 1.807) is 30.5 Å². The number of benzene rings is 2. The third-order valence-electron chi connectivity index (χ3n) is 6.16. The van der Waals surface area contributed by atoms with Gasteiger partial charge >= 0.3 is 6.18 Å². The fourth-order valence-corrected chi connectivity index (χ4v) is 4.36. The van der Waals surface area contributed by atoms with E-state index in [-0.39, 0.29) is 22.4 Å². The Morgan fingerprint density at radius 3 is 2.71 bits per heavy atom. The first-order valence-corrected chi connectivity index (χ1v) is 13.0. The first-order valence-electron chi connectivity index (χ1n) is 12.7. The maximum absolute atomic E-state index is 13.0. The second kappa shape index (κ2) is 12.3. The van der Waals surface area contributed by atoms with Crippen molar-refractivity contribution in [1.82, 2.24) is 20.3 Å². The molecule has 0 bridgehead atoms. The van der Waals surface area contributed by atoms with Crippen LogP contribution in [-0.4, -0.2) is 33.9 Å². The van der Waals surface area contributed by atoms with Gasteiger partial charge in [0.05, 0.1) is 16.1 Å². The summed E-state index contributed by atoms with van der Waals surface area (Å²) in [7, 11) is 0. The van der Waals surface area contributed by atoms with Crippen molar-refractivity contribution in [3.63, 3.8) is 0 Å². The monoisotopic (exact) mass is 580 g/mol. The van der Waals surface area contributed by atoms with Gasteiger partial charge < -0.3 is 20.7 Å². The molecule has 0 aliphatic carbocycles. The molecular formula is C29H24ClF3N6O2. The molecule has 2 aromatic carbocycles. The molecule has 1 aliphatic rings. The number of ether oxygens (including phenoxy) is 1. The smallest absolute Gasteiger partial charge is 0.416 e. The van der Waals surface area contributed by atoms with E-state index < -0.39 is 11.7 Å². The predicted octanol–water partition coefficient (Wildman–Crippen LogP) is 6.64. The SMILES string of the molecule is O=C(NCCc1ccccn1)C1=Cc2c(ncnc2Nc2ccc(Oc3cccc(C(F)(F)F)c3)c(Cl)c2)NCC1. The molecule has 41 heavy (non-hydrogen) atoms. The van der Waals surface area contributed by atoms with Crippen molar-refractivity contribution in [2.24, 2.45) is 0 Å². The number of pyridine rings is 1. The molecule has 0 saturated heterocycles. The van der Waals surface area contributed by atoms with Crippen LogP contribution in [0.3, 0.4) is 0 Å². The summed E-state index contributed by atoms with van der Waals surface area (Å²) < 4.78 is 44.7. The number of nitrogens with zero attached hydrogens (tertiary/aromatic N) is 3. The summed E-state index contributed by atoms with van der Waals surface area (Å²) in [5.74, 6) is 1.000. The molecule has 8 nitrogen and oxygen atoms in total. The Balaban J connectivity index is 1.30. The fourth-order valence-electron chi connectivity index (χ4n) is 4.14. The molecule has 4 aromatic rings. The van der Waals surface area contributed by atoms with Crippen molar-refractivity contribution in [3.05, 3.63) is 101 Å². The third kappa shape index (κ3) is 7.12. The minimum atomic E-state index is -4.49. The number of rotatable bonds is 8. The number of hydrogen-bond donors (Lipinski definition) is 3. The molecule has 1 amide bonds. The Morgan fingerprint density at radius 2 is 1.93 bits per heavy atom. The third-order valence-corrected chi connectivity index (χ3v) is 6.45. The van der Waals surface area contributed by atoms with E-state index in [9.17, 15) is 18.0 Å². The van der Waals surface area contributed by atoms with Crippen LogP contribution in [0.5, 0.6) is 11.5 Å². The van der Waals surface area contributed by atoms with Gasteiger partial charge in [0.15, 0.2) is 0 Å². The lowest BCUT2D eigenvalue weighted by Gasteiger charge is -2.14. The van der Waals surface area contributed by atoms with Gasteiger partial charge in [-0.15, -0.1) is 0 Å². The Hall–Kier alpha value is -4.64. The summed E-state index contributed by atoms with van der Waals surface area (Å²) in [5, 5.41) is 9.52. The summed E-state index contributed by atoms with van der Waals surface area (Å²) in [5.41, 5.74) is 1.78. The first kappa shape index (κ1) is 27.9. The molecule has 0 unspecified atom stereocenters. The van der Waals surface area contributed by atoms with Crippen LogP contribution in [0.25, 0.3) is 6.08 Å². The van der Waals surface area contributed by atoms with Crippen molar-refractivity contribution in [2.75, 3.05) is 23.7 Å². The van der Waals surface area contributed by atoms with E-state index in [0.717, 1.165) is 17.8 Å². The first-order chi connectivity index (χ1) is 19.8. The second-order valence-corrected chi connectivity index (χ2v) is 9.46. The average molecular weight is 581 g/mol. The molecular weight excluding hydrogens is 557 g/mol. The largest absolute Gasteiger partial charge is 0.456 e. The number of nitrogens with one attached hydrogen (secondary N) is 3. The van der Waals surface area contributed by atoms with Crippen LogP contribution < -0.4 is 20.7 Å². The number of carbonyl (C=O) groups is 1. The van der Waals surface area contributed by atoms with Crippen molar-refractivity contribution < 1.29 is 22.7 Å². The van der Waals surface area contributed by atoms with Gasteiger partial charge in [-0.3, -0.25) is 9.78 Å². The molecule has 1 aliphatic heterocycles. The maximum Gasteiger partial charge on any atom is 0.416 e.